The lowest BCUT2D eigenvalue weighted by molar-refractivity contribution is -0.142. The van der Waals surface area contributed by atoms with E-state index in [-0.39, 0.29) is 17.5 Å². The van der Waals surface area contributed by atoms with Gasteiger partial charge in [0.15, 0.2) is 0 Å². The molecule has 2 unspecified atom stereocenters. The van der Waals surface area contributed by atoms with Crippen LogP contribution in [0.3, 0.4) is 0 Å². The van der Waals surface area contributed by atoms with Gasteiger partial charge in [0.05, 0.1) is 5.92 Å². The quantitative estimate of drug-likeness (QED) is 0.741. The Morgan fingerprint density at radius 2 is 1.93 bits per heavy atom. The Kier molecular flexibility index (Phi) is 4.11. The number of rotatable bonds is 4. The van der Waals surface area contributed by atoms with Crippen LogP contribution < -0.4 is 5.32 Å². The molecule has 0 amide bonds. The smallest absolute Gasteiger partial charge is 0.307 e. The maximum Gasteiger partial charge on any atom is 0.307 e. The van der Waals surface area contributed by atoms with Gasteiger partial charge in [-0.05, 0) is 26.7 Å². The van der Waals surface area contributed by atoms with Crippen molar-refractivity contribution in [1.82, 2.24) is 5.32 Å². The molecule has 1 rings (SSSR count). The summed E-state index contributed by atoms with van der Waals surface area (Å²) in [6.45, 7) is 7.33. The molecule has 1 aliphatic rings. The molecule has 88 valence electrons. The van der Waals surface area contributed by atoms with Crippen molar-refractivity contribution < 1.29 is 14.6 Å². The molecule has 2 atom stereocenters. The van der Waals surface area contributed by atoms with Crippen molar-refractivity contribution in [2.24, 2.45) is 5.92 Å². The lowest BCUT2D eigenvalue weighted by Crippen LogP contribution is -2.53. The van der Waals surface area contributed by atoms with E-state index in [0.717, 1.165) is 26.1 Å². The largest absolute Gasteiger partial charge is 0.481 e. The summed E-state index contributed by atoms with van der Waals surface area (Å²) in [5.74, 6) is -1.10. The Labute approximate surface area is 91.0 Å². The second-order valence-corrected chi connectivity index (χ2v) is 4.73. The maximum atomic E-state index is 10.8. The van der Waals surface area contributed by atoms with Crippen LogP contribution in [0.2, 0.25) is 0 Å². The van der Waals surface area contributed by atoms with Crippen LogP contribution in [0.5, 0.6) is 0 Å². The highest BCUT2D eigenvalue weighted by atomic mass is 16.5. The van der Waals surface area contributed by atoms with Gasteiger partial charge in [-0.2, -0.15) is 0 Å². The zero-order valence-electron chi connectivity index (χ0n) is 9.75. The van der Waals surface area contributed by atoms with Crippen LogP contribution in [0.4, 0.5) is 0 Å². The third kappa shape index (κ3) is 3.47. The third-order valence-electron chi connectivity index (χ3n) is 3.31. The van der Waals surface area contributed by atoms with Crippen LogP contribution >= 0.6 is 0 Å². The van der Waals surface area contributed by atoms with Gasteiger partial charge in [0.1, 0.15) is 0 Å². The number of hydrogen-bond donors (Lipinski definition) is 2. The van der Waals surface area contributed by atoms with Gasteiger partial charge in [-0.1, -0.05) is 6.92 Å². The first kappa shape index (κ1) is 12.5. The Morgan fingerprint density at radius 3 is 2.40 bits per heavy atom. The molecule has 0 bridgehead atoms. The van der Waals surface area contributed by atoms with Gasteiger partial charge in [0, 0.05) is 24.8 Å². The predicted molar refractivity (Wildman–Crippen MR) is 57.9 cm³/mol. The zero-order chi connectivity index (χ0) is 11.5. The van der Waals surface area contributed by atoms with Gasteiger partial charge >= 0.3 is 5.97 Å². The number of nitrogens with one attached hydrogen (secondary N) is 1. The van der Waals surface area contributed by atoms with Gasteiger partial charge in [-0.15, -0.1) is 0 Å². The molecule has 1 aliphatic heterocycles. The number of aliphatic carboxylic acids is 1. The molecule has 1 fully saturated rings. The van der Waals surface area contributed by atoms with Crippen molar-refractivity contribution in [2.45, 2.75) is 45.2 Å². The predicted octanol–water partition coefficient (Wildman–Crippen LogP) is 1.25. The molecule has 4 heteroatoms. The van der Waals surface area contributed by atoms with E-state index < -0.39 is 5.97 Å². The summed E-state index contributed by atoms with van der Waals surface area (Å²) >= 11 is 0. The van der Waals surface area contributed by atoms with E-state index in [1.165, 1.54) is 0 Å². The second kappa shape index (κ2) is 4.94. The lowest BCUT2D eigenvalue weighted by Gasteiger charge is -2.38. The summed E-state index contributed by atoms with van der Waals surface area (Å²) in [6, 6.07) is -0.00870. The Morgan fingerprint density at radius 1 is 1.40 bits per heavy atom. The number of hydrogen-bond acceptors (Lipinski definition) is 3. The molecule has 0 saturated carbocycles. The van der Waals surface area contributed by atoms with Crippen molar-refractivity contribution in [3.8, 4) is 0 Å². The molecule has 0 aromatic heterocycles. The molecule has 1 heterocycles. The van der Waals surface area contributed by atoms with Crippen molar-refractivity contribution in [3.05, 3.63) is 0 Å². The Balaban J connectivity index is 2.48. The van der Waals surface area contributed by atoms with Gasteiger partial charge in [-0.3, -0.25) is 4.79 Å². The van der Waals surface area contributed by atoms with E-state index in [0.29, 0.717) is 0 Å². The minimum absolute atomic E-state index is 0.00870. The maximum absolute atomic E-state index is 10.8. The van der Waals surface area contributed by atoms with Gasteiger partial charge in [0.25, 0.3) is 0 Å². The standard InChI is InChI=1S/C11H21NO3/c1-8(10(13)14)9(2)12-11(3)4-6-15-7-5-11/h8-9,12H,4-7H2,1-3H3,(H,13,14). The van der Waals surface area contributed by atoms with E-state index in [4.69, 9.17) is 9.84 Å². The van der Waals surface area contributed by atoms with E-state index >= 15 is 0 Å². The minimum Gasteiger partial charge on any atom is -0.481 e. The second-order valence-electron chi connectivity index (χ2n) is 4.73. The highest BCUT2D eigenvalue weighted by molar-refractivity contribution is 5.70. The monoisotopic (exact) mass is 215 g/mol. The van der Waals surface area contributed by atoms with Gasteiger partial charge in [-0.25, -0.2) is 0 Å². The van der Waals surface area contributed by atoms with E-state index in [1.54, 1.807) is 6.92 Å². The van der Waals surface area contributed by atoms with Crippen molar-refractivity contribution in [2.75, 3.05) is 13.2 Å². The summed E-state index contributed by atoms with van der Waals surface area (Å²) in [5.41, 5.74) is 0.0291. The fraction of sp³-hybridized carbons (Fsp3) is 0.909. The van der Waals surface area contributed by atoms with Crippen LogP contribution in [0.15, 0.2) is 0 Å². The van der Waals surface area contributed by atoms with Crippen molar-refractivity contribution >= 4 is 5.97 Å². The zero-order valence-corrected chi connectivity index (χ0v) is 9.75. The minimum atomic E-state index is -0.745. The first-order chi connectivity index (χ1) is 6.94. The summed E-state index contributed by atoms with van der Waals surface area (Å²) in [6.07, 6.45) is 1.90. The first-order valence-electron chi connectivity index (χ1n) is 5.53. The van der Waals surface area contributed by atoms with Crippen LogP contribution in [-0.2, 0) is 9.53 Å². The molecule has 0 aromatic rings. The molecule has 4 nitrogen and oxygen atoms in total. The van der Waals surface area contributed by atoms with E-state index in [9.17, 15) is 4.79 Å². The average molecular weight is 215 g/mol. The van der Waals surface area contributed by atoms with Crippen LogP contribution in [0, 0.1) is 5.92 Å². The number of carboxylic acids is 1. The highest BCUT2D eigenvalue weighted by Crippen LogP contribution is 2.21. The number of carboxylic acid groups (broad SMARTS) is 1. The van der Waals surface area contributed by atoms with Gasteiger partial charge < -0.3 is 15.2 Å². The summed E-state index contributed by atoms with van der Waals surface area (Å²) in [5, 5.41) is 12.3. The first-order valence-corrected chi connectivity index (χ1v) is 5.53. The summed E-state index contributed by atoms with van der Waals surface area (Å²) in [4.78, 5) is 10.8. The molecular weight excluding hydrogens is 194 g/mol. The normalized spacial score (nSPS) is 24.5. The van der Waals surface area contributed by atoms with Gasteiger partial charge in [0.2, 0.25) is 0 Å². The average Bonchev–Trinajstić information content (AvgIpc) is 2.16. The Hall–Kier alpha value is -0.610. The fourth-order valence-corrected chi connectivity index (χ4v) is 1.85. The van der Waals surface area contributed by atoms with E-state index in [2.05, 4.69) is 12.2 Å². The Bertz CT molecular complexity index is 224. The van der Waals surface area contributed by atoms with Crippen LogP contribution in [0.25, 0.3) is 0 Å². The lowest BCUT2D eigenvalue weighted by atomic mass is 9.90. The number of ether oxygens (including phenoxy) is 1. The summed E-state index contributed by atoms with van der Waals surface area (Å²) < 4.78 is 5.30. The van der Waals surface area contributed by atoms with Crippen molar-refractivity contribution in [3.63, 3.8) is 0 Å². The van der Waals surface area contributed by atoms with Crippen molar-refractivity contribution in [1.29, 1.82) is 0 Å². The topological polar surface area (TPSA) is 58.6 Å². The van der Waals surface area contributed by atoms with Crippen LogP contribution in [-0.4, -0.2) is 35.9 Å². The molecule has 0 aromatic carbocycles. The molecule has 0 spiro atoms. The molecular formula is C11H21NO3. The molecule has 0 aliphatic carbocycles. The molecule has 1 saturated heterocycles. The third-order valence-corrected chi connectivity index (χ3v) is 3.31. The molecule has 2 N–H and O–H groups in total. The van der Waals surface area contributed by atoms with Crippen LogP contribution in [0.1, 0.15) is 33.6 Å². The molecule has 15 heavy (non-hydrogen) atoms. The van der Waals surface area contributed by atoms with E-state index in [1.807, 2.05) is 6.92 Å². The SMILES string of the molecule is CC(NC1(C)CCOCC1)C(C)C(=O)O. The fourth-order valence-electron chi connectivity index (χ4n) is 1.85. The number of carbonyl (C=O) groups is 1. The molecule has 0 radical (unpaired) electrons. The summed E-state index contributed by atoms with van der Waals surface area (Å²) in [7, 11) is 0. The highest BCUT2D eigenvalue weighted by Gasteiger charge is 2.31.